The summed E-state index contributed by atoms with van der Waals surface area (Å²) >= 11 is 0. The average molecular weight is 468 g/mol. The maximum absolute atomic E-state index is 13.0. The van der Waals surface area contributed by atoms with E-state index in [-0.39, 0.29) is 22.8 Å². The Hall–Kier alpha value is -2.43. The molecule has 172 valence electrons. The van der Waals surface area contributed by atoms with E-state index in [1.54, 1.807) is 6.07 Å². The molecule has 10 heteroatoms. The number of hydrogen-bond acceptors (Lipinski definition) is 4. The molecule has 2 heterocycles. The zero-order valence-electron chi connectivity index (χ0n) is 17.3. The summed E-state index contributed by atoms with van der Waals surface area (Å²) < 4.78 is 66.1. The molecule has 0 unspecified atom stereocenters. The van der Waals surface area contributed by atoms with Gasteiger partial charge >= 0.3 is 6.18 Å². The van der Waals surface area contributed by atoms with E-state index in [0.29, 0.717) is 37.1 Å². The Bertz CT molecular complexity index is 1090. The molecule has 4 rings (SSSR count). The van der Waals surface area contributed by atoms with Gasteiger partial charge in [-0.05, 0) is 61.3 Å². The standard InChI is InChI=1S/C22H24F3N3O3S/c23-22(24,25)18-3-1-2-17(12-18)15-4-6-20(7-5-15)32(30,31)28-13-19(14-28)27-10-8-16(9-11-27)21(26)29/h1-7,12,16,19H,8-11,13-14H2,(H2,26,29). The molecule has 0 aliphatic carbocycles. The fourth-order valence-electron chi connectivity index (χ4n) is 4.24. The number of nitrogens with zero attached hydrogens (tertiary/aromatic N) is 2. The Kier molecular flexibility index (Phi) is 6.04. The first-order valence-electron chi connectivity index (χ1n) is 10.4. The Morgan fingerprint density at radius 2 is 1.59 bits per heavy atom. The quantitative estimate of drug-likeness (QED) is 0.733. The minimum absolute atomic E-state index is 0.110. The third-order valence-electron chi connectivity index (χ3n) is 6.29. The van der Waals surface area contributed by atoms with Crippen LogP contribution < -0.4 is 5.73 Å². The maximum Gasteiger partial charge on any atom is 0.416 e. The van der Waals surface area contributed by atoms with Crippen molar-refractivity contribution in [3.63, 3.8) is 0 Å². The molecule has 2 saturated heterocycles. The van der Waals surface area contributed by atoms with Crippen molar-refractivity contribution in [3.05, 3.63) is 54.1 Å². The molecule has 0 atom stereocenters. The lowest BCUT2D eigenvalue weighted by molar-refractivity contribution is -0.137. The fourth-order valence-corrected chi connectivity index (χ4v) is 5.75. The Morgan fingerprint density at radius 1 is 0.969 bits per heavy atom. The summed E-state index contributed by atoms with van der Waals surface area (Å²) in [5.74, 6) is -0.391. The van der Waals surface area contributed by atoms with Crippen LogP contribution >= 0.6 is 0 Å². The second kappa shape index (κ2) is 8.49. The first-order chi connectivity index (χ1) is 15.1. The van der Waals surface area contributed by atoms with Crippen LogP contribution in [0.25, 0.3) is 11.1 Å². The number of nitrogens with two attached hydrogens (primary N) is 1. The monoisotopic (exact) mass is 467 g/mol. The van der Waals surface area contributed by atoms with E-state index in [1.165, 1.54) is 34.6 Å². The second-order valence-electron chi connectivity index (χ2n) is 8.29. The molecule has 0 radical (unpaired) electrons. The molecule has 0 spiro atoms. The van der Waals surface area contributed by atoms with E-state index in [9.17, 15) is 26.4 Å². The summed E-state index contributed by atoms with van der Waals surface area (Å²) in [4.78, 5) is 13.6. The second-order valence-corrected chi connectivity index (χ2v) is 10.2. The minimum atomic E-state index is -4.44. The normalized spacial score (nSPS) is 19.6. The van der Waals surface area contributed by atoms with Crippen molar-refractivity contribution in [2.75, 3.05) is 26.2 Å². The summed E-state index contributed by atoms with van der Waals surface area (Å²) in [6, 6.07) is 10.9. The van der Waals surface area contributed by atoms with Gasteiger partial charge in [-0.3, -0.25) is 9.69 Å². The van der Waals surface area contributed by atoms with Crippen LogP contribution in [0.2, 0.25) is 0 Å². The first-order valence-corrected chi connectivity index (χ1v) is 11.8. The third-order valence-corrected chi connectivity index (χ3v) is 8.14. The van der Waals surface area contributed by atoms with Gasteiger partial charge in [0.25, 0.3) is 0 Å². The van der Waals surface area contributed by atoms with Crippen LogP contribution in [-0.2, 0) is 21.0 Å². The van der Waals surface area contributed by atoms with Crippen LogP contribution in [0.3, 0.4) is 0 Å². The van der Waals surface area contributed by atoms with E-state index in [4.69, 9.17) is 5.73 Å². The molecule has 32 heavy (non-hydrogen) atoms. The van der Waals surface area contributed by atoms with Gasteiger partial charge in [-0.15, -0.1) is 0 Å². The van der Waals surface area contributed by atoms with Crippen molar-refractivity contribution in [2.45, 2.75) is 30.0 Å². The van der Waals surface area contributed by atoms with Gasteiger partial charge in [-0.25, -0.2) is 8.42 Å². The van der Waals surface area contributed by atoms with Crippen LogP contribution in [0, 0.1) is 5.92 Å². The molecule has 2 aromatic rings. The van der Waals surface area contributed by atoms with Gasteiger partial charge in [-0.2, -0.15) is 17.5 Å². The zero-order valence-corrected chi connectivity index (χ0v) is 18.1. The maximum atomic E-state index is 13.0. The molecule has 0 bridgehead atoms. The lowest BCUT2D eigenvalue weighted by atomic mass is 9.94. The van der Waals surface area contributed by atoms with Crippen LogP contribution in [0.1, 0.15) is 18.4 Å². The van der Waals surface area contributed by atoms with E-state index < -0.39 is 21.8 Å². The molecule has 2 aliphatic rings. The number of piperidine rings is 1. The Morgan fingerprint density at radius 3 is 2.16 bits per heavy atom. The molecule has 2 aliphatic heterocycles. The SMILES string of the molecule is NC(=O)C1CCN(C2CN(S(=O)(=O)c3ccc(-c4cccc(C(F)(F)F)c4)cc3)C2)CC1. The van der Waals surface area contributed by atoms with Crippen molar-refractivity contribution in [1.82, 2.24) is 9.21 Å². The summed E-state index contributed by atoms with van der Waals surface area (Å²) in [5.41, 5.74) is 5.48. The highest BCUT2D eigenvalue weighted by atomic mass is 32.2. The molecule has 2 aromatic carbocycles. The van der Waals surface area contributed by atoms with Crippen molar-refractivity contribution < 1.29 is 26.4 Å². The molecular weight excluding hydrogens is 443 g/mol. The zero-order chi connectivity index (χ0) is 23.1. The lowest BCUT2D eigenvalue weighted by Gasteiger charge is -2.46. The van der Waals surface area contributed by atoms with Crippen LogP contribution in [0.5, 0.6) is 0 Å². The number of sulfonamides is 1. The van der Waals surface area contributed by atoms with E-state index in [0.717, 1.165) is 25.2 Å². The van der Waals surface area contributed by atoms with Crippen LogP contribution in [0.15, 0.2) is 53.4 Å². The average Bonchev–Trinajstić information content (AvgIpc) is 2.72. The predicted octanol–water partition coefficient (Wildman–Crippen LogP) is 2.94. The highest BCUT2D eigenvalue weighted by molar-refractivity contribution is 7.89. The van der Waals surface area contributed by atoms with Gasteiger partial charge in [0.2, 0.25) is 15.9 Å². The third kappa shape index (κ3) is 4.53. The lowest BCUT2D eigenvalue weighted by Crippen LogP contribution is -2.62. The topological polar surface area (TPSA) is 83.7 Å². The smallest absolute Gasteiger partial charge is 0.369 e. The number of primary amides is 1. The van der Waals surface area contributed by atoms with E-state index in [2.05, 4.69) is 4.90 Å². The van der Waals surface area contributed by atoms with Crippen molar-refractivity contribution in [3.8, 4) is 11.1 Å². The van der Waals surface area contributed by atoms with Crippen LogP contribution in [0.4, 0.5) is 13.2 Å². The largest absolute Gasteiger partial charge is 0.416 e. The molecular formula is C22H24F3N3O3S. The van der Waals surface area contributed by atoms with Gasteiger partial charge < -0.3 is 5.73 Å². The fraction of sp³-hybridized carbons (Fsp3) is 0.409. The summed E-state index contributed by atoms with van der Waals surface area (Å²) in [7, 11) is -3.68. The van der Waals surface area contributed by atoms with Gasteiger partial charge in [0.15, 0.2) is 0 Å². The van der Waals surface area contributed by atoms with Crippen molar-refractivity contribution >= 4 is 15.9 Å². The number of benzene rings is 2. The molecule has 0 aromatic heterocycles. The number of likely N-dealkylation sites (tertiary alicyclic amines) is 1. The van der Waals surface area contributed by atoms with E-state index >= 15 is 0 Å². The van der Waals surface area contributed by atoms with Gasteiger partial charge in [0.05, 0.1) is 10.5 Å². The number of hydrogen-bond donors (Lipinski definition) is 1. The predicted molar refractivity (Wildman–Crippen MR) is 113 cm³/mol. The van der Waals surface area contributed by atoms with Crippen molar-refractivity contribution in [1.29, 1.82) is 0 Å². The summed E-state index contributed by atoms with van der Waals surface area (Å²) in [5, 5.41) is 0. The molecule has 1 amide bonds. The van der Waals surface area contributed by atoms with E-state index in [1.807, 2.05) is 0 Å². The Balaban J connectivity index is 1.40. The molecule has 2 N–H and O–H groups in total. The number of amides is 1. The van der Waals surface area contributed by atoms with Crippen molar-refractivity contribution in [2.24, 2.45) is 11.7 Å². The number of rotatable bonds is 5. The highest BCUT2D eigenvalue weighted by Crippen LogP contribution is 2.33. The molecule has 0 saturated carbocycles. The van der Waals surface area contributed by atoms with Gasteiger partial charge in [-0.1, -0.05) is 24.3 Å². The first kappa shape index (κ1) is 22.8. The number of alkyl halides is 3. The Labute approximate surface area is 184 Å². The number of halogens is 3. The van der Waals surface area contributed by atoms with Gasteiger partial charge in [0.1, 0.15) is 0 Å². The number of carbonyl (C=O) groups excluding carboxylic acids is 1. The number of carbonyl (C=O) groups is 1. The summed E-state index contributed by atoms with van der Waals surface area (Å²) in [6.45, 7) is 2.19. The highest BCUT2D eigenvalue weighted by Gasteiger charge is 2.41. The van der Waals surface area contributed by atoms with Crippen LogP contribution in [-0.4, -0.2) is 55.8 Å². The molecule has 6 nitrogen and oxygen atoms in total. The minimum Gasteiger partial charge on any atom is -0.369 e. The summed E-state index contributed by atoms with van der Waals surface area (Å²) in [6.07, 6.45) is -3.06. The molecule has 2 fully saturated rings. The van der Waals surface area contributed by atoms with Gasteiger partial charge in [0, 0.05) is 25.0 Å².